The van der Waals surface area contributed by atoms with E-state index in [0.29, 0.717) is 0 Å². The van der Waals surface area contributed by atoms with Crippen molar-refractivity contribution >= 4 is 27.4 Å². The van der Waals surface area contributed by atoms with Crippen molar-refractivity contribution in [2.75, 3.05) is 18.6 Å². The molecule has 0 spiro atoms. The van der Waals surface area contributed by atoms with Gasteiger partial charge in [-0.15, -0.1) is 11.3 Å². The molecule has 0 radical (unpaired) electrons. The number of ether oxygens (including phenoxy) is 1. The van der Waals surface area contributed by atoms with Crippen molar-refractivity contribution < 1.29 is 4.74 Å². The Morgan fingerprint density at radius 2 is 2.18 bits per heavy atom. The maximum Gasteiger partial charge on any atom is 0.141 e. The third-order valence-corrected chi connectivity index (χ3v) is 5.13. The largest absolute Gasteiger partial charge is 0.496 e. The highest BCUT2D eigenvalue weighted by Crippen LogP contribution is 2.34. The molecule has 0 amide bonds. The van der Waals surface area contributed by atoms with Gasteiger partial charge in [-0.05, 0) is 31.0 Å². The van der Waals surface area contributed by atoms with Crippen LogP contribution in [-0.2, 0) is 13.0 Å². The molecule has 5 heteroatoms. The van der Waals surface area contributed by atoms with Gasteiger partial charge in [0.2, 0.25) is 0 Å². The molecule has 0 atom stereocenters. The van der Waals surface area contributed by atoms with Gasteiger partial charge in [0.25, 0.3) is 0 Å². The second kappa shape index (κ2) is 5.25. The van der Waals surface area contributed by atoms with Crippen LogP contribution in [0.25, 0.3) is 10.2 Å². The lowest BCUT2D eigenvalue weighted by Crippen LogP contribution is -2.31. The van der Waals surface area contributed by atoms with Crippen LogP contribution in [-0.4, -0.2) is 23.6 Å². The minimum Gasteiger partial charge on any atom is -0.496 e. The number of anilines is 1. The Balaban J connectivity index is 1.75. The quantitative estimate of drug-likeness (QED) is 0.725. The third-order valence-electron chi connectivity index (χ3n) is 4.17. The minimum absolute atomic E-state index is 0.869. The van der Waals surface area contributed by atoms with Crippen LogP contribution in [0.1, 0.15) is 16.0 Å². The summed E-state index contributed by atoms with van der Waals surface area (Å²) >= 11 is 1.72. The van der Waals surface area contributed by atoms with E-state index in [1.165, 1.54) is 16.0 Å². The average molecular weight is 311 g/mol. The van der Waals surface area contributed by atoms with E-state index in [4.69, 9.17) is 4.74 Å². The predicted molar refractivity (Wildman–Crippen MR) is 89.9 cm³/mol. The first-order valence-electron chi connectivity index (χ1n) is 7.37. The summed E-state index contributed by atoms with van der Waals surface area (Å²) in [5.41, 5.74) is 2.65. The van der Waals surface area contributed by atoms with Gasteiger partial charge in [-0.2, -0.15) is 0 Å². The molecule has 4 rings (SSSR count). The van der Waals surface area contributed by atoms with E-state index in [1.807, 2.05) is 6.07 Å². The third kappa shape index (κ3) is 2.13. The van der Waals surface area contributed by atoms with Crippen molar-refractivity contribution in [2.45, 2.75) is 19.9 Å². The molecule has 0 N–H and O–H groups in total. The van der Waals surface area contributed by atoms with Crippen LogP contribution >= 0.6 is 11.3 Å². The molecular weight excluding hydrogens is 294 g/mol. The maximum atomic E-state index is 5.48. The van der Waals surface area contributed by atoms with Crippen LogP contribution in [0.15, 0.2) is 30.6 Å². The molecule has 0 bridgehead atoms. The van der Waals surface area contributed by atoms with E-state index >= 15 is 0 Å². The zero-order chi connectivity index (χ0) is 15.1. The van der Waals surface area contributed by atoms with Crippen molar-refractivity contribution in [1.82, 2.24) is 9.97 Å². The fourth-order valence-electron chi connectivity index (χ4n) is 3.16. The lowest BCUT2D eigenvalue weighted by atomic mass is 9.98. The fourth-order valence-corrected chi connectivity index (χ4v) is 4.00. The summed E-state index contributed by atoms with van der Waals surface area (Å²) in [6, 6.07) is 8.47. The first kappa shape index (κ1) is 13.5. The van der Waals surface area contributed by atoms with E-state index in [-0.39, 0.29) is 0 Å². The van der Waals surface area contributed by atoms with Crippen LogP contribution in [0.5, 0.6) is 5.75 Å². The van der Waals surface area contributed by atoms with E-state index in [0.717, 1.165) is 41.3 Å². The van der Waals surface area contributed by atoms with Gasteiger partial charge in [-0.1, -0.05) is 12.1 Å². The SMILES string of the molecule is COc1cccc2c1CCN(c1ncnc3sc(C)cc13)C2. The summed E-state index contributed by atoms with van der Waals surface area (Å²) in [5, 5.41) is 1.16. The molecule has 0 fully saturated rings. The summed E-state index contributed by atoms with van der Waals surface area (Å²) in [5.74, 6) is 2.04. The Hall–Kier alpha value is -2.14. The molecule has 3 aromatic rings. The summed E-state index contributed by atoms with van der Waals surface area (Å²) in [6.07, 6.45) is 2.66. The Morgan fingerprint density at radius 3 is 3.05 bits per heavy atom. The predicted octanol–water partition coefficient (Wildman–Crippen LogP) is 3.57. The number of methoxy groups -OCH3 is 1. The Bertz CT molecular complexity index is 843. The van der Waals surface area contributed by atoms with Crippen molar-refractivity contribution in [3.05, 3.63) is 46.6 Å². The molecule has 112 valence electrons. The molecule has 1 aromatic carbocycles. The summed E-state index contributed by atoms with van der Waals surface area (Å²) in [6.45, 7) is 3.94. The monoisotopic (exact) mass is 311 g/mol. The number of fused-ring (bicyclic) bond motifs is 2. The van der Waals surface area contributed by atoms with E-state index in [1.54, 1.807) is 24.8 Å². The fraction of sp³-hybridized carbons (Fsp3) is 0.294. The first-order chi connectivity index (χ1) is 10.8. The molecule has 1 aliphatic heterocycles. The zero-order valence-corrected chi connectivity index (χ0v) is 13.5. The second-order valence-electron chi connectivity index (χ2n) is 5.54. The van der Waals surface area contributed by atoms with Gasteiger partial charge in [-0.25, -0.2) is 9.97 Å². The van der Waals surface area contributed by atoms with Crippen LogP contribution in [0, 0.1) is 6.92 Å². The Labute approximate surface area is 133 Å². The molecule has 1 aliphatic rings. The number of rotatable bonds is 2. The number of aromatic nitrogens is 2. The average Bonchev–Trinajstić information content (AvgIpc) is 2.93. The van der Waals surface area contributed by atoms with Crippen molar-refractivity contribution in [3.63, 3.8) is 0 Å². The normalized spacial score (nSPS) is 14.2. The molecule has 0 unspecified atom stereocenters. The van der Waals surface area contributed by atoms with Crippen molar-refractivity contribution in [2.24, 2.45) is 0 Å². The highest BCUT2D eigenvalue weighted by molar-refractivity contribution is 7.18. The molecule has 0 saturated heterocycles. The van der Waals surface area contributed by atoms with E-state index in [9.17, 15) is 0 Å². The van der Waals surface area contributed by atoms with Gasteiger partial charge >= 0.3 is 0 Å². The summed E-state index contributed by atoms with van der Waals surface area (Å²) in [4.78, 5) is 13.6. The van der Waals surface area contributed by atoms with Gasteiger partial charge in [-0.3, -0.25) is 0 Å². The number of nitrogens with zero attached hydrogens (tertiary/aromatic N) is 3. The lowest BCUT2D eigenvalue weighted by molar-refractivity contribution is 0.407. The number of hydrogen-bond donors (Lipinski definition) is 0. The molecule has 22 heavy (non-hydrogen) atoms. The second-order valence-corrected chi connectivity index (χ2v) is 6.78. The zero-order valence-electron chi connectivity index (χ0n) is 12.7. The molecule has 0 aliphatic carbocycles. The van der Waals surface area contributed by atoms with Gasteiger partial charge < -0.3 is 9.64 Å². The Kier molecular flexibility index (Phi) is 3.22. The highest BCUT2D eigenvalue weighted by Gasteiger charge is 2.22. The molecule has 0 saturated carbocycles. The standard InChI is InChI=1S/C17H17N3OS/c1-11-8-14-16(18-10-19-17(14)22-11)20-7-6-13-12(9-20)4-3-5-15(13)21-2/h3-5,8,10H,6-7,9H2,1-2H3. The maximum absolute atomic E-state index is 5.48. The van der Waals surface area contributed by atoms with Crippen molar-refractivity contribution in [1.29, 1.82) is 0 Å². The molecule has 4 nitrogen and oxygen atoms in total. The van der Waals surface area contributed by atoms with Crippen molar-refractivity contribution in [3.8, 4) is 5.75 Å². The lowest BCUT2D eigenvalue weighted by Gasteiger charge is -2.30. The van der Waals surface area contributed by atoms with Gasteiger partial charge in [0.05, 0.1) is 12.5 Å². The van der Waals surface area contributed by atoms with E-state index in [2.05, 4.69) is 40.0 Å². The molecule has 2 aromatic heterocycles. The number of aryl methyl sites for hydroxylation is 1. The Morgan fingerprint density at radius 1 is 1.27 bits per heavy atom. The molecule has 3 heterocycles. The highest BCUT2D eigenvalue weighted by atomic mass is 32.1. The topological polar surface area (TPSA) is 38.2 Å². The molecular formula is C17H17N3OS. The van der Waals surface area contributed by atoms with Gasteiger partial charge in [0.15, 0.2) is 0 Å². The minimum atomic E-state index is 0.869. The summed E-state index contributed by atoms with van der Waals surface area (Å²) < 4.78 is 5.48. The van der Waals surface area contributed by atoms with E-state index < -0.39 is 0 Å². The number of hydrogen-bond acceptors (Lipinski definition) is 5. The number of thiophene rings is 1. The van der Waals surface area contributed by atoms with Crippen LogP contribution in [0.4, 0.5) is 5.82 Å². The van der Waals surface area contributed by atoms with Crippen LogP contribution < -0.4 is 9.64 Å². The van der Waals surface area contributed by atoms with Gasteiger partial charge in [0.1, 0.15) is 22.7 Å². The number of benzene rings is 1. The van der Waals surface area contributed by atoms with Gasteiger partial charge in [0, 0.05) is 23.5 Å². The van der Waals surface area contributed by atoms with Crippen LogP contribution in [0.2, 0.25) is 0 Å². The van der Waals surface area contributed by atoms with Crippen LogP contribution in [0.3, 0.4) is 0 Å². The smallest absolute Gasteiger partial charge is 0.141 e. The summed E-state index contributed by atoms with van der Waals surface area (Å²) in [7, 11) is 1.74. The first-order valence-corrected chi connectivity index (χ1v) is 8.19.